The quantitative estimate of drug-likeness (QED) is 0.188. The van der Waals surface area contributed by atoms with Crippen LogP contribution in [0, 0.1) is 0 Å². The van der Waals surface area contributed by atoms with Gasteiger partial charge in [-0.2, -0.15) is 0 Å². The minimum Gasteiger partial charge on any atom is -0.456 e. The van der Waals surface area contributed by atoms with Gasteiger partial charge in [0.1, 0.15) is 11.2 Å². The zero-order valence-electron chi connectivity index (χ0n) is 26.9. The molecule has 0 aliphatic carbocycles. The molecule has 5 heteroatoms. The Hall–Kier alpha value is -6.85. The van der Waals surface area contributed by atoms with Crippen molar-refractivity contribution in [1.29, 1.82) is 0 Å². The summed E-state index contributed by atoms with van der Waals surface area (Å²) in [6.45, 7) is 0. The molecule has 50 heavy (non-hydrogen) atoms. The molecule has 0 N–H and O–H groups in total. The molecular formula is C45H28N4O. The van der Waals surface area contributed by atoms with E-state index in [1.165, 1.54) is 10.8 Å². The number of benzene rings is 7. The van der Waals surface area contributed by atoms with Gasteiger partial charge < -0.3 is 8.98 Å². The average Bonchev–Trinajstić information content (AvgIpc) is 3.74. The summed E-state index contributed by atoms with van der Waals surface area (Å²) in [5, 5.41) is 4.49. The van der Waals surface area contributed by atoms with E-state index in [1.54, 1.807) is 0 Å². The molecule has 0 fully saturated rings. The monoisotopic (exact) mass is 640 g/mol. The van der Waals surface area contributed by atoms with Crippen molar-refractivity contribution in [2.24, 2.45) is 0 Å². The van der Waals surface area contributed by atoms with Crippen LogP contribution < -0.4 is 0 Å². The Labute approximate surface area is 287 Å². The lowest BCUT2D eigenvalue weighted by Gasteiger charge is -2.11. The fourth-order valence-corrected chi connectivity index (χ4v) is 7.13. The number of fused-ring (bicyclic) bond motifs is 6. The predicted octanol–water partition coefficient (Wildman–Crippen LogP) is 11.5. The van der Waals surface area contributed by atoms with E-state index in [1.807, 2.05) is 54.6 Å². The Morgan fingerprint density at radius 3 is 1.60 bits per heavy atom. The average molecular weight is 641 g/mol. The van der Waals surface area contributed by atoms with Crippen molar-refractivity contribution in [1.82, 2.24) is 19.5 Å². The maximum absolute atomic E-state index is 6.48. The molecule has 0 unspecified atom stereocenters. The summed E-state index contributed by atoms with van der Waals surface area (Å²) in [4.78, 5) is 15.1. The number of hydrogen-bond acceptors (Lipinski definition) is 4. The first-order valence-electron chi connectivity index (χ1n) is 16.7. The van der Waals surface area contributed by atoms with Crippen LogP contribution in [0.5, 0.6) is 0 Å². The van der Waals surface area contributed by atoms with Gasteiger partial charge in [-0.3, -0.25) is 0 Å². The summed E-state index contributed by atoms with van der Waals surface area (Å²) in [5.74, 6) is 1.85. The lowest BCUT2D eigenvalue weighted by Crippen LogP contribution is -2.00. The third-order valence-electron chi connectivity index (χ3n) is 9.45. The van der Waals surface area contributed by atoms with E-state index in [4.69, 9.17) is 19.4 Å². The smallest absolute Gasteiger partial charge is 0.164 e. The Balaban J connectivity index is 1.19. The standard InChI is InChI=1S/C45H28N4O/c1-3-13-29(14-4-1)31-17-11-18-32(27-31)44-46-43(30-15-5-2-6-16-30)47-45(48-44)33-25-26-40-36(28-33)42-39(23-12-24-41(42)50-40)49-37-21-9-7-19-34(37)35-20-8-10-22-38(35)49/h1-28H. The molecule has 0 radical (unpaired) electrons. The van der Waals surface area contributed by atoms with Gasteiger partial charge in [-0.25, -0.2) is 15.0 Å². The molecular weight excluding hydrogens is 613 g/mol. The number of aromatic nitrogens is 4. The van der Waals surface area contributed by atoms with Crippen molar-refractivity contribution in [3.05, 3.63) is 170 Å². The molecule has 5 nitrogen and oxygen atoms in total. The van der Waals surface area contributed by atoms with Crippen molar-refractivity contribution >= 4 is 43.7 Å². The Kier molecular flexibility index (Phi) is 6.42. The highest BCUT2D eigenvalue weighted by atomic mass is 16.3. The summed E-state index contributed by atoms with van der Waals surface area (Å²) in [5.41, 5.74) is 10.0. The van der Waals surface area contributed by atoms with E-state index in [2.05, 4.69) is 120 Å². The molecule has 0 aliphatic heterocycles. The maximum Gasteiger partial charge on any atom is 0.164 e. The lowest BCUT2D eigenvalue weighted by molar-refractivity contribution is 0.669. The van der Waals surface area contributed by atoms with Crippen LogP contribution in [0.1, 0.15) is 0 Å². The minimum atomic E-state index is 0.601. The summed E-state index contributed by atoms with van der Waals surface area (Å²) >= 11 is 0. The fourth-order valence-electron chi connectivity index (χ4n) is 7.13. The molecule has 0 saturated carbocycles. The summed E-state index contributed by atoms with van der Waals surface area (Å²) in [6.07, 6.45) is 0. The molecule has 10 aromatic rings. The van der Waals surface area contributed by atoms with E-state index in [-0.39, 0.29) is 0 Å². The number of para-hydroxylation sites is 2. The SMILES string of the molecule is c1ccc(-c2cccc(-c3nc(-c4ccccc4)nc(-c4ccc5oc6cccc(-n7c8ccccc8c8ccccc87)c6c5c4)n3)c2)cc1. The Bertz CT molecular complexity index is 2820. The van der Waals surface area contributed by atoms with Gasteiger partial charge in [0.25, 0.3) is 0 Å². The molecule has 10 rings (SSSR count). The van der Waals surface area contributed by atoms with Crippen LogP contribution in [-0.4, -0.2) is 19.5 Å². The van der Waals surface area contributed by atoms with Gasteiger partial charge in [-0.15, -0.1) is 0 Å². The minimum absolute atomic E-state index is 0.601. The van der Waals surface area contributed by atoms with E-state index >= 15 is 0 Å². The van der Waals surface area contributed by atoms with Crippen molar-refractivity contribution in [3.8, 4) is 51.0 Å². The summed E-state index contributed by atoms with van der Waals surface area (Å²) in [6, 6.07) is 58.5. The lowest BCUT2D eigenvalue weighted by atomic mass is 10.0. The molecule has 3 aromatic heterocycles. The molecule has 7 aromatic carbocycles. The van der Waals surface area contributed by atoms with Crippen molar-refractivity contribution in [2.75, 3.05) is 0 Å². The first-order chi connectivity index (χ1) is 24.8. The summed E-state index contributed by atoms with van der Waals surface area (Å²) < 4.78 is 8.83. The molecule has 0 bridgehead atoms. The zero-order chi connectivity index (χ0) is 33.0. The van der Waals surface area contributed by atoms with Gasteiger partial charge in [0.05, 0.1) is 22.1 Å². The first kappa shape index (κ1) is 28.2. The first-order valence-corrected chi connectivity index (χ1v) is 16.7. The highest BCUT2D eigenvalue weighted by molar-refractivity contribution is 6.14. The molecule has 3 heterocycles. The zero-order valence-corrected chi connectivity index (χ0v) is 26.9. The molecule has 0 saturated heterocycles. The molecule has 0 amide bonds. The largest absolute Gasteiger partial charge is 0.456 e. The van der Waals surface area contributed by atoms with Crippen LogP contribution in [0.4, 0.5) is 0 Å². The number of hydrogen-bond donors (Lipinski definition) is 0. The van der Waals surface area contributed by atoms with Gasteiger partial charge in [0.2, 0.25) is 0 Å². The second-order valence-electron chi connectivity index (χ2n) is 12.5. The van der Waals surface area contributed by atoms with Gasteiger partial charge in [0, 0.05) is 32.8 Å². The van der Waals surface area contributed by atoms with Gasteiger partial charge >= 0.3 is 0 Å². The topological polar surface area (TPSA) is 56.7 Å². The van der Waals surface area contributed by atoms with Crippen molar-refractivity contribution in [2.45, 2.75) is 0 Å². The van der Waals surface area contributed by atoms with Gasteiger partial charge in [-0.05, 0) is 59.7 Å². The van der Waals surface area contributed by atoms with Crippen LogP contribution in [0.15, 0.2) is 174 Å². The fraction of sp³-hybridized carbons (Fsp3) is 0. The van der Waals surface area contributed by atoms with E-state index in [0.29, 0.717) is 17.5 Å². The van der Waals surface area contributed by atoms with Crippen molar-refractivity contribution < 1.29 is 4.42 Å². The molecule has 0 atom stereocenters. The third-order valence-corrected chi connectivity index (χ3v) is 9.45. The summed E-state index contributed by atoms with van der Waals surface area (Å²) in [7, 11) is 0. The second kappa shape index (κ2) is 11.4. The van der Waals surface area contributed by atoms with Crippen LogP contribution in [0.25, 0.3) is 94.7 Å². The van der Waals surface area contributed by atoms with E-state index < -0.39 is 0 Å². The van der Waals surface area contributed by atoms with E-state index in [9.17, 15) is 0 Å². The van der Waals surface area contributed by atoms with Gasteiger partial charge in [-0.1, -0.05) is 121 Å². The van der Waals surface area contributed by atoms with E-state index in [0.717, 1.165) is 66.5 Å². The van der Waals surface area contributed by atoms with Gasteiger partial charge in [0.15, 0.2) is 17.5 Å². The normalized spacial score (nSPS) is 11.6. The number of rotatable bonds is 5. The predicted molar refractivity (Wildman–Crippen MR) is 203 cm³/mol. The maximum atomic E-state index is 6.48. The Morgan fingerprint density at radius 2 is 0.900 bits per heavy atom. The van der Waals surface area contributed by atoms with Crippen LogP contribution in [-0.2, 0) is 0 Å². The second-order valence-corrected chi connectivity index (χ2v) is 12.5. The van der Waals surface area contributed by atoms with Crippen LogP contribution >= 0.6 is 0 Å². The number of furan rings is 1. The van der Waals surface area contributed by atoms with Crippen LogP contribution in [0.3, 0.4) is 0 Å². The highest BCUT2D eigenvalue weighted by Crippen LogP contribution is 2.40. The van der Waals surface area contributed by atoms with Crippen LogP contribution in [0.2, 0.25) is 0 Å². The Morgan fingerprint density at radius 1 is 0.360 bits per heavy atom. The highest BCUT2D eigenvalue weighted by Gasteiger charge is 2.19. The van der Waals surface area contributed by atoms with Crippen molar-refractivity contribution in [3.63, 3.8) is 0 Å². The third kappa shape index (κ3) is 4.60. The molecule has 234 valence electrons. The molecule has 0 spiro atoms. The number of nitrogens with zero attached hydrogens (tertiary/aromatic N) is 4. The molecule has 0 aliphatic rings.